The van der Waals surface area contributed by atoms with Crippen molar-refractivity contribution in [2.75, 3.05) is 6.54 Å². The lowest BCUT2D eigenvalue weighted by atomic mass is 10.1. The summed E-state index contributed by atoms with van der Waals surface area (Å²) < 4.78 is 13.2. The van der Waals surface area contributed by atoms with Gasteiger partial charge in [-0.25, -0.2) is 4.39 Å². The Morgan fingerprint density at radius 2 is 1.93 bits per heavy atom. The molecule has 4 heteroatoms. The Hall–Kier alpha value is -1.29. The van der Waals surface area contributed by atoms with Gasteiger partial charge in [-0.05, 0) is 37.9 Å². The normalized spacial score (nSPS) is 10.4. The lowest BCUT2D eigenvalue weighted by Crippen LogP contribution is -2.00. The highest BCUT2D eigenvalue weighted by atomic mass is 19.1. The summed E-state index contributed by atoms with van der Waals surface area (Å²) in [5.74, 6) is -1.13. The second kappa shape index (κ2) is 4.81. The van der Waals surface area contributed by atoms with Crippen LogP contribution in [-0.2, 0) is 6.42 Å². The van der Waals surface area contributed by atoms with Crippen molar-refractivity contribution >= 4 is 0 Å². The predicted molar refractivity (Wildman–Crippen MR) is 51.7 cm³/mol. The number of rotatable bonds is 4. The molecule has 78 valence electrons. The quantitative estimate of drug-likeness (QED) is 0.508. The molecule has 0 saturated carbocycles. The number of nitrogens with two attached hydrogens (primary N) is 1. The Morgan fingerprint density at radius 3 is 2.57 bits per heavy atom. The van der Waals surface area contributed by atoms with E-state index in [2.05, 4.69) is 0 Å². The van der Waals surface area contributed by atoms with Gasteiger partial charge in [0.05, 0.1) is 0 Å². The van der Waals surface area contributed by atoms with Crippen molar-refractivity contribution in [2.45, 2.75) is 19.3 Å². The van der Waals surface area contributed by atoms with Gasteiger partial charge in [0.1, 0.15) is 5.82 Å². The summed E-state index contributed by atoms with van der Waals surface area (Å²) in [5.41, 5.74) is 5.46. The third-order valence-electron chi connectivity index (χ3n) is 2.09. The van der Waals surface area contributed by atoms with E-state index in [0.29, 0.717) is 19.4 Å². The molecule has 0 amide bonds. The number of benzene rings is 1. The summed E-state index contributed by atoms with van der Waals surface area (Å²) in [5, 5.41) is 18.5. The zero-order valence-electron chi connectivity index (χ0n) is 7.83. The number of halogens is 1. The van der Waals surface area contributed by atoms with Crippen molar-refractivity contribution in [3.05, 3.63) is 23.5 Å². The van der Waals surface area contributed by atoms with Crippen molar-refractivity contribution in [1.82, 2.24) is 0 Å². The summed E-state index contributed by atoms with van der Waals surface area (Å²) in [6.07, 6.45) is 1.86. The highest BCUT2D eigenvalue weighted by molar-refractivity contribution is 5.45. The number of hydrogen-bond donors (Lipinski definition) is 3. The van der Waals surface area contributed by atoms with Crippen LogP contribution in [0.15, 0.2) is 12.1 Å². The largest absolute Gasteiger partial charge is 0.504 e. The lowest BCUT2D eigenvalue weighted by Gasteiger charge is -2.06. The van der Waals surface area contributed by atoms with Gasteiger partial charge in [0, 0.05) is 5.56 Å². The Balaban J connectivity index is 2.79. The molecular weight excluding hydrogens is 185 g/mol. The summed E-state index contributed by atoms with van der Waals surface area (Å²) >= 11 is 0. The molecule has 0 spiro atoms. The number of hydrogen-bond acceptors (Lipinski definition) is 3. The van der Waals surface area contributed by atoms with Crippen LogP contribution in [0.2, 0.25) is 0 Å². The topological polar surface area (TPSA) is 66.5 Å². The second-order valence-corrected chi connectivity index (χ2v) is 3.14. The smallest absolute Gasteiger partial charge is 0.163 e. The Morgan fingerprint density at radius 1 is 1.21 bits per heavy atom. The number of aromatic hydroxyl groups is 2. The van der Waals surface area contributed by atoms with Crippen LogP contribution in [0.4, 0.5) is 4.39 Å². The Kier molecular flexibility index (Phi) is 3.71. The minimum Gasteiger partial charge on any atom is -0.504 e. The van der Waals surface area contributed by atoms with Gasteiger partial charge in [0.2, 0.25) is 0 Å². The molecule has 0 radical (unpaired) electrons. The molecule has 0 aliphatic rings. The average molecular weight is 199 g/mol. The van der Waals surface area contributed by atoms with Crippen molar-refractivity contribution in [3.63, 3.8) is 0 Å². The first-order valence-corrected chi connectivity index (χ1v) is 4.56. The molecule has 4 N–H and O–H groups in total. The summed E-state index contributed by atoms with van der Waals surface area (Å²) in [4.78, 5) is 0. The van der Waals surface area contributed by atoms with Crippen molar-refractivity contribution in [1.29, 1.82) is 0 Å². The van der Waals surface area contributed by atoms with E-state index in [0.717, 1.165) is 18.6 Å². The van der Waals surface area contributed by atoms with Crippen LogP contribution in [0.1, 0.15) is 18.4 Å². The van der Waals surface area contributed by atoms with E-state index in [4.69, 9.17) is 10.8 Å². The number of phenolic OH excluding ortho intramolecular Hbond substituents is 2. The van der Waals surface area contributed by atoms with E-state index in [1.54, 1.807) is 0 Å². The predicted octanol–water partition coefficient (Wildman–Crippen LogP) is 1.52. The van der Waals surface area contributed by atoms with Gasteiger partial charge in [-0.1, -0.05) is 0 Å². The highest BCUT2D eigenvalue weighted by Crippen LogP contribution is 2.31. The van der Waals surface area contributed by atoms with Crippen LogP contribution in [-0.4, -0.2) is 16.8 Å². The fourth-order valence-corrected chi connectivity index (χ4v) is 1.28. The minimum atomic E-state index is -0.489. The van der Waals surface area contributed by atoms with Gasteiger partial charge in [0.15, 0.2) is 11.5 Å². The number of phenols is 2. The molecule has 0 heterocycles. The first-order valence-electron chi connectivity index (χ1n) is 4.56. The van der Waals surface area contributed by atoms with Gasteiger partial charge in [0.25, 0.3) is 0 Å². The van der Waals surface area contributed by atoms with E-state index in [-0.39, 0.29) is 17.1 Å². The average Bonchev–Trinajstić information content (AvgIpc) is 2.18. The molecule has 0 aromatic heterocycles. The van der Waals surface area contributed by atoms with E-state index in [1.165, 1.54) is 0 Å². The van der Waals surface area contributed by atoms with Crippen LogP contribution in [0.25, 0.3) is 0 Å². The van der Waals surface area contributed by atoms with Crippen LogP contribution in [0, 0.1) is 5.82 Å². The molecule has 1 rings (SSSR count). The minimum absolute atomic E-state index is 0.165. The maximum absolute atomic E-state index is 13.2. The maximum Gasteiger partial charge on any atom is 0.163 e. The lowest BCUT2D eigenvalue weighted by molar-refractivity contribution is 0.393. The third kappa shape index (κ3) is 2.35. The van der Waals surface area contributed by atoms with Crippen molar-refractivity contribution < 1.29 is 14.6 Å². The van der Waals surface area contributed by atoms with Crippen LogP contribution in [0.3, 0.4) is 0 Å². The van der Waals surface area contributed by atoms with Crippen LogP contribution < -0.4 is 5.73 Å². The van der Waals surface area contributed by atoms with Gasteiger partial charge in [-0.15, -0.1) is 0 Å². The molecule has 3 nitrogen and oxygen atoms in total. The molecule has 0 atom stereocenters. The fourth-order valence-electron chi connectivity index (χ4n) is 1.28. The molecular formula is C10H14FNO2. The monoisotopic (exact) mass is 199 g/mol. The number of unbranched alkanes of at least 4 members (excludes halogenated alkanes) is 1. The van der Waals surface area contributed by atoms with Crippen LogP contribution in [0.5, 0.6) is 11.5 Å². The van der Waals surface area contributed by atoms with E-state index >= 15 is 0 Å². The Bertz CT molecular complexity index is 315. The maximum atomic E-state index is 13.2. The molecule has 14 heavy (non-hydrogen) atoms. The molecule has 0 aliphatic heterocycles. The first-order chi connectivity index (χ1) is 6.66. The Labute approximate surface area is 82.0 Å². The molecule has 0 unspecified atom stereocenters. The molecule has 0 fully saturated rings. The molecule has 0 saturated heterocycles. The molecule has 1 aromatic rings. The SMILES string of the molecule is NCCCCc1c(F)ccc(O)c1O. The summed E-state index contributed by atoms with van der Waals surface area (Å²) in [6, 6.07) is 2.28. The third-order valence-corrected chi connectivity index (χ3v) is 2.09. The molecule has 0 aliphatic carbocycles. The standard InChI is InChI=1S/C10H14FNO2/c11-8-4-5-9(13)10(14)7(8)3-1-2-6-12/h4-5,13-14H,1-3,6,12H2. The molecule has 0 bridgehead atoms. The first kappa shape index (κ1) is 10.8. The van der Waals surface area contributed by atoms with Gasteiger partial charge < -0.3 is 15.9 Å². The van der Waals surface area contributed by atoms with Gasteiger partial charge >= 0.3 is 0 Å². The van der Waals surface area contributed by atoms with Crippen molar-refractivity contribution in [2.24, 2.45) is 5.73 Å². The van der Waals surface area contributed by atoms with Crippen LogP contribution >= 0.6 is 0 Å². The van der Waals surface area contributed by atoms with Gasteiger partial charge in [-0.3, -0.25) is 0 Å². The zero-order valence-corrected chi connectivity index (χ0v) is 7.83. The zero-order chi connectivity index (χ0) is 10.6. The summed E-state index contributed by atoms with van der Waals surface area (Å²) in [7, 11) is 0. The van der Waals surface area contributed by atoms with Gasteiger partial charge in [-0.2, -0.15) is 0 Å². The fraction of sp³-hybridized carbons (Fsp3) is 0.400. The van der Waals surface area contributed by atoms with E-state index < -0.39 is 5.82 Å². The second-order valence-electron chi connectivity index (χ2n) is 3.14. The summed E-state index contributed by atoms with van der Waals surface area (Å²) in [6.45, 7) is 0.543. The molecule has 1 aromatic carbocycles. The highest BCUT2D eigenvalue weighted by Gasteiger charge is 2.11. The van der Waals surface area contributed by atoms with Crippen molar-refractivity contribution in [3.8, 4) is 11.5 Å². The van der Waals surface area contributed by atoms with E-state index in [1.807, 2.05) is 0 Å². The van der Waals surface area contributed by atoms with E-state index in [9.17, 15) is 9.50 Å².